The fourth-order valence-electron chi connectivity index (χ4n) is 8.48. The van der Waals surface area contributed by atoms with E-state index in [0.29, 0.717) is 11.4 Å². The Balaban J connectivity index is 1.14. The van der Waals surface area contributed by atoms with Crippen molar-refractivity contribution in [2.75, 3.05) is 0 Å². The van der Waals surface area contributed by atoms with Crippen LogP contribution in [0.4, 0.5) is 0 Å². The maximum atomic E-state index is 9.23. The number of aromatic nitrogens is 2. The van der Waals surface area contributed by atoms with Gasteiger partial charge in [-0.2, -0.15) is 5.26 Å². The summed E-state index contributed by atoms with van der Waals surface area (Å²) in [7, 11) is 0. The Morgan fingerprint density at radius 2 is 1.02 bits per heavy atom. The van der Waals surface area contributed by atoms with E-state index in [1.807, 2.05) is 42.5 Å². The Bertz CT molecular complexity index is 2990. The zero-order valence-electron chi connectivity index (χ0n) is 30.6. The zero-order chi connectivity index (χ0) is 37.1. The summed E-state index contributed by atoms with van der Waals surface area (Å²) in [6.07, 6.45) is 0. The van der Waals surface area contributed by atoms with Crippen LogP contribution in [0.15, 0.2) is 176 Å². The van der Waals surface area contributed by atoms with Crippen LogP contribution in [0.2, 0.25) is 0 Å². The molecule has 10 rings (SSSR count). The fraction of sp³-hybridized carbons (Fsp3) is 0.0577. The highest BCUT2D eigenvalue weighted by molar-refractivity contribution is 6.05. The first-order valence-corrected chi connectivity index (χ1v) is 18.7. The molecule has 0 saturated carbocycles. The predicted molar refractivity (Wildman–Crippen MR) is 227 cm³/mol. The number of rotatable bonds is 5. The molecule has 258 valence electrons. The van der Waals surface area contributed by atoms with Gasteiger partial charge in [0.1, 0.15) is 0 Å². The van der Waals surface area contributed by atoms with Crippen molar-refractivity contribution in [3.05, 3.63) is 193 Å². The zero-order valence-corrected chi connectivity index (χ0v) is 30.6. The SMILES string of the molecule is CC1(C)c2cc3ccccc3cc2-c2c(-c3cc(-c4ccc(-c5ccc(-c6ccc(C#N)cc6)cc5)c5ccccc45)nc(-c4ccccc4)n3)cccc21. The molecule has 0 bridgehead atoms. The van der Waals surface area contributed by atoms with Gasteiger partial charge in [-0.1, -0.05) is 159 Å². The van der Waals surface area contributed by atoms with Gasteiger partial charge in [0.25, 0.3) is 0 Å². The summed E-state index contributed by atoms with van der Waals surface area (Å²) in [6, 6.07) is 64.3. The quantitative estimate of drug-likeness (QED) is 0.179. The number of nitrogens with zero attached hydrogens (tertiary/aromatic N) is 3. The van der Waals surface area contributed by atoms with E-state index in [1.54, 1.807) is 0 Å². The van der Waals surface area contributed by atoms with Crippen molar-refractivity contribution < 1.29 is 0 Å². The van der Waals surface area contributed by atoms with Crippen LogP contribution in [0.1, 0.15) is 30.5 Å². The molecule has 0 N–H and O–H groups in total. The van der Waals surface area contributed by atoms with Gasteiger partial charge >= 0.3 is 0 Å². The molecule has 0 saturated heterocycles. The van der Waals surface area contributed by atoms with Gasteiger partial charge in [-0.3, -0.25) is 0 Å². The average Bonchev–Trinajstić information content (AvgIpc) is 3.47. The van der Waals surface area contributed by atoms with Gasteiger partial charge in [-0.05, 0) is 96.4 Å². The molecule has 1 aliphatic rings. The summed E-state index contributed by atoms with van der Waals surface area (Å²) in [6.45, 7) is 4.68. The van der Waals surface area contributed by atoms with Gasteiger partial charge in [-0.25, -0.2) is 9.97 Å². The second-order valence-corrected chi connectivity index (χ2v) is 14.9. The number of fused-ring (bicyclic) bond motifs is 5. The number of benzene rings is 8. The third-order valence-electron chi connectivity index (χ3n) is 11.3. The van der Waals surface area contributed by atoms with Gasteiger partial charge in [-0.15, -0.1) is 0 Å². The minimum Gasteiger partial charge on any atom is -0.228 e. The Hall–Kier alpha value is -7.15. The van der Waals surface area contributed by atoms with E-state index in [9.17, 15) is 5.26 Å². The minimum absolute atomic E-state index is 0.158. The molecule has 1 aliphatic carbocycles. The maximum Gasteiger partial charge on any atom is 0.160 e. The highest BCUT2D eigenvalue weighted by Crippen LogP contribution is 2.53. The predicted octanol–water partition coefficient (Wildman–Crippen LogP) is 13.3. The Labute approximate surface area is 320 Å². The van der Waals surface area contributed by atoms with E-state index in [0.717, 1.165) is 61.1 Å². The fourth-order valence-corrected chi connectivity index (χ4v) is 8.48. The van der Waals surface area contributed by atoms with Gasteiger partial charge < -0.3 is 0 Å². The molecule has 0 atom stereocenters. The van der Waals surface area contributed by atoms with Crippen LogP contribution in [0.5, 0.6) is 0 Å². The van der Waals surface area contributed by atoms with Crippen LogP contribution in [0.25, 0.3) is 88.8 Å². The van der Waals surface area contributed by atoms with E-state index in [4.69, 9.17) is 9.97 Å². The molecule has 0 fully saturated rings. The van der Waals surface area contributed by atoms with Crippen LogP contribution in [-0.4, -0.2) is 9.97 Å². The normalized spacial score (nSPS) is 12.7. The Morgan fingerprint density at radius 3 is 1.73 bits per heavy atom. The molecule has 0 aliphatic heterocycles. The van der Waals surface area contributed by atoms with Gasteiger partial charge in [0.15, 0.2) is 5.82 Å². The van der Waals surface area contributed by atoms with E-state index >= 15 is 0 Å². The molecule has 1 aromatic heterocycles. The lowest BCUT2D eigenvalue weighted by molar-refractivity contribution is 0.661. The van der Waals surface area contributed by atoms with Crippen molar-refractivity contribution in [1.82, 2.24) is 9.97 Å². The van der Waals surface area contributed by atoms with Crippen molar-refractivity contribution in [3.8, 4) is 73.4 Å². The van der Waals surface area contributed by atoms with Crippen LogP contribution in [0, 0.1) is 11.3 Å². The van der Waals surface area contributed by atoms with Gasteiger partial charge in [0, 0.05) is 22.1 Å². The molecular formula is C52H35N3. The molecular weight excluding hydrogens is 667 g/mol. The van der Waals surface area contributed by atoms with Crippen molar-refractivity contribution in [1.29, 1.82) is 5.26 Å². The highest BCUT2D eigenvalue weighted by atomic mass is 14.9. The molecule has 0 unspecified atom stereocenters. The van der Waals surface area contributed by atoms with Crippen LogP contribution in [-0.2, 0) is 5.41 Å². The summed E-state index contributed by atoms with van der Waals surface area (Å²) >= 11 is 0. The average molecular weight is 702 g/mol. The van der Waals surface area contributed by atoms with Gasteiger partial charge in [0.2, 0.25) is 0 Å². The Morgan fingerprint density at radius 1 is 0.436 bits per heavy atom. The molecule has 9 aromatic rings. The van der Waals surface area contributed by atoms with Crippen LogP contribution >= 0.6 is 0 Å². The second-order valence-electron chi connectivity index (χ2n) is 14.9. The second kappa shape index (κ2) is 12.8. The van der Waals surface area contributed by atoms with E-state index < -0.39 is 0 Å². The number of hydrogen-bond acceptors (Lipinski definition) is 3. The van der Waals surface area contributed by atoms with Crippen molar-refractivity contribution in [2.45, 2.75) is 19.3 Å². The molecule has 0 amide bonds. The van der Waals surface area contributed by atoms with E-state index in [2.05, 4.69) is 153 Å². The first kappa shape index (κ1) is 32.5. The molecule has 0 radical (unpaired) electrons. The minimum atomic E-state index is -0.158. The molecule has 1 heterocycles. The lowest BCUT2D eigenvalue weighted by Gasteiger charge is -2.22. The first-order chi connectivity index (χ1) is 27.0. The van der Waals surface area contributed by atoms with E-state index in [-0.39, 0.29) is 5.41 Å². The third-order valence-corrected chi connectivity index (χ3v) is 11.3. The van der Waals surface area contributed by atoms with Crippen LogP contribution in [0.3, 0.4) is 0 Å². The molecule has 8 aromatic carbocycles. The molecule has 55 heavy (non-hydrogen) atoms. The Kier molecular flexibility index (Phi) is 7.54. The number of nitriles is 1. The highest BCUT2D eigenvalue weighted by Gasteiger charge is 2.37. The summed E-state index contributed by atoms with van der Waals surface area (Å²) in [5.41, 5.74) is 15.1. The smallest absolute Gasteiger partial charge is 0.160 e. The van der Waals surface area contributed by atoms with Crippen molar-refractivity contribution in [3.63, 3.8) is 0 Å². The van der Waals surface area contributed by atoms with Gasteiger partial charge in [0.05, 0.1) is 23.0 Å². The molecule has 0 spiro atoms. The van der Waals surface area contributed by atoms with Crippen molar-refractivity contribution in [2.24, 2.45) is 0 Å². The van der Waals surface area contributed by atoms with Crippen molar-refractivity contribution >= 4 is 21.5 Å². The number of hydrogen-bond donors (Lipinski definition) is 0. The molecule has 3 nitrogen and oxygen atoms in total. The topological polar surface area (TPSA) is 49.6 Å². The third kappa shape index (κ3) is 5.42. The lowest BCUT2D eigenvalue weighted by Crippen LogP contribution is -2.14. The monoisotopic (exact) mass is 701 g/mol. The summed E-state index contributed by atoms with van der Waals surface area (Å²) < 4.78 is 0. The molecule has 3 heteroatoms. The maximum absolute atomic E-state index is 9.23. The van der Waals surface area contributed by atoms with E-state index in [1.165, 1.54) is 33.0 Å². The standard InChI is InChI=1S/C52H35N3/c1-52(2)46-18-10-17-44(50(46)45-29-38-13-6-7-14-39(38)30-47(45)52)49-31-48(54-51(55-49)37-11-4-3-5-12-37)43-28-27-40(41-15-8-9-16-42(41)43)36-25-23-35(24-26-36)34-21-19-33(32-53)20-22-34/h3-31H,1-2H3. The van der Waals surface area contributed by atoms with Crippen LogP contribution < -0.4 is 0 Å². The lowest BCUT2D eigenvalue weighted by atomic mass is 9.81. The summed E-state index contributed by atoms with van der Waals surface area (Å²) in [4.78, 5) is 10.6. The summed E-state index contributed by atoms with van der Waals surface area (Å²) in [5, 5.41) is 14.0. The summed E-state index contributed by atoms with van der Waals surface area (Å²) in [5.74, 6) is 0.702. The first-order valence-electron chi connectivity index (χ1n) is 18.7. The largest absolute Gasteiger partial charge is 0.228 e.